The highest BCUT2D eigenvalue weighted by molar-refractivity contribution is 5.91. The van der Waals surface area contributed by atoms with Gasteiger partial charge in [-0.1, -0.05) is 42.5 Å². The average molecular weight is 596 g/mol. The molecule has 4 aromatic rings. The minimum atomic E-state index is -0.422. The Balaban J connectivity index is 1.27. The van der Waals surface area contributed by atoms with Gasteiger partial charge in [0.15, 0.2) is 0 Å². The van der Waals surface area contributed by atoms with E-state index in [1.54, 1.807) is 15.2 Å². The van der Waals surface area contributed by atoms with Crippen molar-refractivity contribution in [1.82, 2.24) is 19.4 Å². The molecule has 9 nitrogen and oxygen atoms in total. The van der Waals surface area contributed by atoms with E-state index >= 15 is 0 Å². The van der Waals surface area contributed by atoms with Crippen LogP contribution in [0.1, 0.15) is 58.5 Å². The van der Waals surface area contributed by atoms with Crippen molar-refractivity contribution in [3.8, 4) is 5.69 Å². The Kier molecular flexibility index (Phi) is 9.35. The summed E-state index contributed by atoms with van der Waals surface area (Å²) >= 11 is 0. The fourth-order valence-corrected chi connectivity index (χ4v) is 5.94. The molecule has 230 valence electrons. The molecule has 0 aliphatic carbocycles. The van der Waals surface area contributed by atoms with Gasteiger partial charge < -0.3 is 15.0 Å². The molecular formula is C35H41N5O4. The SMILES string of the molecule is COC(=O)c1ccc(CNC(=O)C(c2ccccc2)N2CCN(c3ccc(-n4ccn(C(C)C)c4=O)c(C)c3)CC2)cc1C. The van der Waals surface area contributed by atoms with Crippen LogP contribution in [0.4, 0.5) is 5.69 Å². The molecule has 1 unspecified atom stereocenters. The fourth-order valence-electron chi connectivity index (χ4n) is 5.94. The van der Waals surface area contributed by atoms with Crippen LogP contribution >= 0.6 is 0 Å². The number of anilines is 1. The number of nitrogens with one attached hydrogen (secondary N) is 1. The average Bonchev–Trinajstić information content (AvgIpc) is 3.41. The number of carbonyl (C=O) groups is 2. The van der Waals surface area contributed by atoms with Crippen molar-refractivity contribution in [2.75, 3.05) is 38.2 Å². The predicted molar refractivity (Wildman–Crippen MR) is 172 cm³/mol. The monoisotopic (exact) mass is 595 g/mol. The van der Waals surface area contributed by atoms with Crippen molar-refractivity contribution in [2.45, 2.75) is 46.3 Å². The summed E-state index contributed by atoms with van der Waals surface area (Å²) in [4.78, 5) is 43.1. The Labute approximate surface area is 258 Å². The molecule has 0 bridgehead atoms. The Bertz CT molecular complexity index is 1680. The zero-order valence-corrected chi connectivity index (χ0v) is 26.1. The third-order valence-electron chi connectivity index (χ3n) is 8.37. The first-order valence-electron chi connectivity index (χ1n) is 15.1. The van der Waals surface area contributed by atoms with E-state index in [-0.39, 0.29) is 23.6 Å². The Morgan fingerprint density at radius 1 is 0.886 bits per heavy atom. The highest BCUT2D eigenvalue weighted by atomic mass is 16.5. The van der Waals surface area contributed by atoms with E-state index in [0.717, 1.165) is 59.8 Å². The van der Waals surface area contributed by atoms with Crippen LogP contribution in [0.5, 0.6) is 0 Å². The summed E-state index contributed by atoms with van der Waals surface area (Å²) in [7, 11) is 1.37. The number of hydrogen-bond acceptors (Lipinski definition) is 6. The number of hydrogen-bond donors (Lipinski definition) is 1. The minimum absolute atomic E-state index is 0.0389. The minimum Gasteiger partial charge on any atom is -0.465 e. The lowest BCUT2D eigenvalue weighted by Gasteiger charge is -2.40. The number of esters is 1. The largest absolute Gasteiger partial charge is 0.465 e. The molecule has 2 heterocycles. The lowest BCUT2D eigenvalue weighted by Crippen LogP contribution is -2.51. The number of aryl methyl sites for hydroxylation is 2. The van der Waals surface area contributed by atoms with E-state index in [1.807, 2.05) is 88.6 Å². The molecule has 1 aliphatic heterocycles. The molecule has 1 N–H and O–H groups in total. The summed E-state index contributed by atoms with van der Waals surface area (Å²) < 4.78 is 8.28. The quantitative estimate of drug-likeness (QED) is 0.280. The van der Waals surface area contributed by atoms with Crippen LogP contribution < -0.4 is 15.9 Å². The maximum absolute atomic E-state index is 13.7. The third-order valence-corrected chi connectivity index (χ3v) is 8.37. The van der Waals surface area contributed by atoms with Gasteiger partial charge in [-0.25, -0.2) is 9.59 Å². The lowest BCUT2D eigenvalue weighted by atomic mass is 10.0. The molecule has 0 saturated carbocycles. The summed E-state index contributed by atoms with van der Waals surface area (Å²) in [5.41, 5.74) is 6.18. The number of methoxy groups -OCH3 is 1. The van der Waals surface area contributed by atoms with Gasteiger partial charge >= 0.3 is 11.7 Å². The Morgan fingerprint density at radius 2 is 1.61 bits per heavy atom. The van der Waals surface area contributed by atoms with Crippen molar-refractivity contribution < 1.29 is 14.3 Å². The van der Waals surface area contributed by atoms with Gasteiger partial charge in [0, 0.05) is 56.8 Å². The number of amides is 1. The van der Waals surface area contributed by atoms with Crippen LogP contribution in [0, 0.1) is 13.8 Å². The van der Waals surface area contributed by atoms with E-state index < -0.39 is 6.04 Å². The summed E-state index contributed by atoms with van der Waals surface area (Å²) in [5.74, 6) is -0.428. The Hall–Kier alpha value is -4.63. The number of aromatic nitrogens is 2. The van der Waals surface area contributed by atoms with E-state index in [2.05, 4.69) is 27.2 Å². The second kappa shape index (κ2) is 13.3. The van der Waals surface area contributed by atoms with Crippen molar-refractivity contribution in [3.63, 3.8) is 0 Å². The number of benzene rings is 3. The summed E-state index contributed by atoms with van der Waals surface area (Å²) in [6.07, 6.45) is 3.66. The van der Waals surface area contributed by atoms with Gasteiger partial charge in [0.1, 0.15) is 6.04 Å². The number of ether oxygens (including phenoxy) is 1. The molecule has 1 aliphatic rings. The molecule has 1 fully saturated rings. The van der Waals surface area contributed by atoms with Gasteiger partial charge in [0.25, 0.3) is 0 Å². The second-order valence-electron chi connectivity index (χ2n) is 11.6. The molecule has 3 aromatic carbocycles. The molecule has 1 amide bonds. The highest BCUT2D eigenvalue weighted by Gasteiger charge is 2.30. The van der Waals surface area contributed by atoms with Crippen molar-refractivity contribution in [3.05, 3.63) is 117 Å². The van der Waals surface area contributed by atoms with E-state index in [1.165, 1.54) is 7.11 Å². The molecule has 5 rings (SSSR count). The number of nitrogens with zero attached hydrogens (tertiary/aromatic N) is 4. The fraction of sp³-hybridized carbons (Fsp3) is 0.343. The molecular weight excluding hydrogens is 554 g/mol. The summed E-state index contributed by atoms with van der Waals surface area (Å²) in [5, 5.41) is 3.13. The zero-order valence-electron chi connectivity index (χ0n) is 26.1. The van der Waals surface area contributed by atoms with Gasteiger partial charge in [-0.2, -0.15) is 0 Å². The van der Waals surface area contributed by atoms with Crippen LogP contribution in [0.15, 0.2) is 83.9 Å². The number of carbonyl (C=O) groups excluding carboxylic acids is 2. The molecule has 0 spiro atoms. The van der Waals surface area contributed by atoms with E-state index in [9.17, 15) is 14.4 Å². The predicted octanol–water partition coefficient (Wildman–Crippen LogP) is 4.80. The van der Waals surface area contributed by atoms with Crippen molar-refractivity contribution in [1.29, 1.82) is 0 Å². The first-order valence-corrected chi connectivity index (χ1v) is 15.1. The van der Waals surface area contributed by atoms with Gasteiger partial charge in [-0.15, -0.1) is 0 Å². The van der Waals surface area contributed by atoms with Crippen molar-refractivity contribution in [2.24, 2.45) is 0 Å². The van der Waals surface area contributed by atoms with Crippen LogP contribution in [-0.2, 0) is 16.1 Å². The van der Waals surface area contributed by atoms with Crippen LogP contribution in [-0.4, -0.2) is 59.2 Å². The number of piperazine rings is 1. The van der Waals surface area contributed by atoms with Gasteiger partial charge in [-0.05, 0) is 74.2 Å². The summed E-state index contributed by atoms with van der Waals surface area (Å²) in [6.45, 7) is 11.2. The summed E-state index contributed by atoms with van der Waals surface area (Å²) in [6, 6.07) is 21.3. The normalized spacial score (nSPS) is 14.5. The maximum Gasteiger partial charge on any atom is 0.338 e. The van der Waals surface area contributed by atoms with Crippen LogP contribution in [0.2, 0.25) is 0 Å². The molecule has 1 atom stereocenters. The molecule has 44 heavy (non-hydrogen) atoms. The Morgan fingerprint density at radius 3 is 2.23 bits per heavy atom. The smallest absolute Gasteiger partial charge is 0.338 e. The maximum atomic E-state index is 13.7. The number of rotatable bonds is 9. The highest BCUT2D eigenvalue weighted by Crippen LogP contribution is 2.27. The third kappa shape index (κ3) is 6.48. The zero-order chi connectivity index (χ0) is 31.4. The molecule has 1 saturated heterocycles. The van der Waals surface area contributed by atoms with Crippen molar-refractivity contribution >= 4 is 17.6 Å². The van der Waals surface area contributed by atoms with Gasteiger partial charge in [0.05, 0.1) is 18.4 Å². The van der Waals surface area contributed by atoms with Crippen LogP contribution in [0.25, 0.3) is 5.69 Å². The molecule has 9 heteroatoms. The molecule has 0 radical (unpaired) electrons. The number of imidazole rings is 1. The van der Waals surface area contributed by atoms with E-state index in [0.29, 0.717) is 12.1 Å². The van der Waals surface area contributed by atoms with Gasteiger partial charge in [0.2, 0.25) is 5.91 Å². The first kappa shape index (κ1) is 30.8. The lowest BCUT2D eigenvalue weighted by molar-refractivity contribution is -0.127. The van der Waals surface area contributed by atoms with Crippen LogP contribution in [0.3, 0.4) is 0 Å². The second-order valence-corrected chi connectivity index (χ2v) is 11.6. The first-order chi connectivity index (χ1) is 21.2. The standard InChI is InChI=1S/C35H41N5O4/c1-24(2)39-19-20-40(35(39)43)31-14-12-29(22-26(31)4)37-15-17-38(18-16-37)32(28-9-7-6-8-10-28)33(41)36-23-27-11-13-30(25(3)21-27)34(42)44-5/h6-14,19-22,24,32H,15-18,23H2,1-5H3,(H,36,41). The molecule has 1 aromatic heterocycles. The van der Waals surface area contributed by atoms with Gasteiger partial charge in [-0.3, -0.25) is 18.8 Å². The topological polar surface area (TPSA) is 88.8 Å². The van der Waals surface area contributed by atoms with E-state index in [4.69, 9.17) is 4.74 Å².